The standard InChI is InChI=1S/C18H24N4O4S/c23-17-12-22(10-8-19-17)27(25,26)16-5-1-13(2-6-16)18(24)21-9-7-14-3-4-15(11-21)20-14/h1-2,5-6,14-15,20H,3-4,7-12H2,(H,19,23). The van der Waals surface area contributed by atoms with Gasteiger partial charge < -0.3 is 15.5 Å². The number of sulfonamides is 1. The Morgan fingerprint density at radius 3 is 2.52 bits per heavy atom. The van der Waals surface area contributed by atoms with Gasteiger partial charge in [-0.05, 0) is 43.5 Å². The summed E-state index contributed by atoms with van der Waals surface area (Å²) in [6.45, 7) is 1.79. The van der Waals surface area contributed by atoms with Crippen LogP contribution in [0.2, 0.25) is 0 Å². The average Bonchev–Trinajstić information content (AvgIpc) is 3.00. The Hall–Kier alpha value is -1.97. The van der Waals surface area contributed by atoms with Gasteiger partial charge in [-0.25, -0.2) is 8.42 Å². The first kappa shape index (κ1) is 18.4. The lowest BCUT2D eigenvalue weighted by atomic mass is 10.1. The van der Waals surface area contributed by atoms with Gasteiger partial charge in [0.1, 0.15) is 0 Å². The minimum Gasteiger partial charge on any atom is -0.354 e. The summed E-state index contributed by atoms with van der Waals surface area (Å²) in [6, 6.07) is 6.90. The maximum absolute atomic E-state index is 12.8. The van der Waals surface area contributed by atoms with Crippen molar-refractivity contribution in [2.24, 2.45) is 0 Å². The van der Waals surface area contributed by atoms with E-state index < -0.39 is 10.0 Å². The molecule has 1 aromatic rings. The summed E-state index contributed by atoms with van der Waals surface area (Å²) in [5.74, 6) is -0.369. The Labute approximate surface area is 158 Å². The summed E-state index contributed by atoms with van der Waals surface area (Å²) in [7, 11) is -3.74. The molecule has 0 aromatic heterocycles. The lowest BCUT2D eigenvalue weighted by Gasteiger charge is -2.26. The van der Waals surface area contributed by atoms with Crippen LogP contribution in [0.4, 0.5) is 0 Å². The number of nitrogens with zero attached hydrogens (tertiary/aromatic N) is 2. The molecule has 2 N–H and O–H groups in total. The maximum atomic E-state index is 12.8. The van der Waals surface area contributed by atoms with Gasteiger partial charge in [0.15, 0.2) is 0 Å². The fourth-order valence-corrected chi connectivity index (χ4v) is 5.45. The fraction of sp³-hybridized carbons (Fsp3) is 0.556. The first-order valence-electron chi connectivity index (χ1n) is 9.36. The average molecular weight is 392 g/mol. The number of piperazine rings is 1. The van der Waals surface area contributed by atoms with Gasteiger partial charge in [-0.3, -0.25) is 9.59 Å². The molecule has 4 rings (SSSR count). The third-order valence-corrected chi connectivity index (χ3v) is 7.41. The Morgan fingerprint density at radius 2 is 1.78 bits per heavy atom. The van der Waals surface area contributed by atoms with Crippen LogP contribution >= 0.6 is 0 Å². The van der Waals surface area contributed by atoms with Crippen molar-refractivity contribution < 1.29 is 18.0 Å². The Kier molecular flexibility index (Phi) is 4.92. The quantitative estimate of drug-likeness (QED) is 0.741. The summed E-state index contributed by atoms with van der Waals surface area (Å²) in [6.07, 6.45) is 3.22. The molecule has 8 nitrogen and oxygen atoms in total. The van der Waals surface area contributed by atoms with Gasteiger partial charge in [-0.1, -0.05) is 0 Å². The minimum atomic E-state index is -3.74. The molecule has 0 spiro atoms. The van der Waals surface area contributed by atoms with Crippen molar-refractivity contribution in [1.82, 2.24) is 19.8 Å². The zero-order chi connectivity index (χ0) is 19.0. The highest BCUT2D eigenvalue weighted by atomic mass is 32.2. The van der Waals surface area contributed by atoms with E-state index in [0.717, 1.165) is 19.4 Å². The normalized spacial score (nSPS) is 26.5. The third kappa shape index (κ3) is 3.71. The number of carbonyl (C=O) groups excluding carboxylic acids is 2. The van der Waals surface area contributed by atoms with Gasteiger partial charge in [-0.2, -0.15) is 4.31 Å². The fourth-order valence-electron chi connectivity index (χ4n) is 4.05. The van der Waals surface area contributed by atoms with Crippen molar-refractivity contribution in [3.05, 3.63) is 29.8 Å². The lowest BCUT2D eigenvalue weighted by Crippen LogP contribution is -2.49. The van der Waals surface area contributed by atoms with Crippen molar-refractivity contribution >= 4 is 21.8 Å². The summed E-state index contributed by atoms with van der Waals surface area (Å²) >= 11 is 0. The van der Waals surface area contributed by atoms with Crippen LogP contribution in [0.25, 0.3) is 0 Å². The van der Waals surface area contributed by atoms with Gasteiger partial charge in [0.25, 0.3) is 5.91 Å². The third-order valence-electron chi connectivity index (χ3n) is 5.55. The number of fused-ring (bicyclic) bond motifs is 2. The number of likely N-dealkylation sites (tertiary alicyclic amines) is 1. The molecule has 27 heavy (non-hydrogen) atoms. The number of hydrogen-bond donors (Lipinski definition) is 2. The molecule has 0 saturated carbocycles. The second-order valence-corrected chi connectivity index (χ2v) is 9.33. The van der Waals surface area contributed by atoms with Gasteiger partial charge in [0.05, 0.1) is 11.4 Å². The first-order chi connectivity index (χ1) is 12.9. The molecule has 3 heterocycles. The van der Waals surface area contributed by atoms with Gasteiger partial charge in [0, 0.05) is 43.8 Å². The van der Waals surface area contributed by atoms with E-state index in [-0.39, 0.29) is 29.8 Å². The molecule has 3 fully saturated rings. The highest BCUT2D eigenvalue weighted by Gasteiger charge is 2.32. The summed E-state index contributed by atoms with van der Waals surface area (Å²) in [4.78, 5) is 26.3. The Balaban J connectivity index is 1.48. The van der Waals surface area contributed by atoms with Crippen molar-refractivity contribution in [2.75, 3.05) is 32.7 Å². The molecule has 2 atom stereocenters. The van der Waals surface area contributed by atoms with Gasteiger partial charge in [0.2, 0.25) is 15.9 Å². The van der Waals surface area contributed by atoms with Crippen molar-refractivity contribution in [3.63, 3.8) is 0 Å². The number of amides is 2. The topological polar surface area (TPSA) is 98.8 Å². The molecule has 1 aromatic carbocycles. The predicted octanol–water partition coefficient (Wildman–Crippen LogP) is -0.226. The van der Waals surface area contributed by atoms with Crippen molar-refractivity contribution in [1.29, 1.82) is 0 Å². The molecule has 3 saturated heterocycles. The van der Waals surface area contributed by atoms with Gasteiger partial charge >= 0.3 is 0 Å². The summed E-state index contributed by atoms with van der Waals surface area (Å²) in [5, 5.41) is 6.16. The molecule has 2 bridgehead atoms. The van der Waals surface area contributed by atoms with Crippen LogP contribution in [0.3, 0.4) is 0 Å². The largest absolute Gasteiger partial charge is 0.354 e. The van der Waals surface area contributed by atoms with E-state index in [1.54, 1.807) is 12.1 Å². The van der Waals surface area contributed by atoms with Crippen LogP contribution in [0.1, 0.15) is 29.6 Å². The predicted molar refractivity (Wildman–Crippen MR) is 98.7 cm³/mol. The van der Waals surface area contributed by atoms with Crippen LogP contribution in [0.15, 0.2) is 29.2 Å². The van der Waals surface area contributed by atoms with E-state index in [1.807, 2.05) is 4.90 Å². The molecule has 2 amide bonds. The SMILES string of the molecule is O=C1CN(S(=O)(=O)c2ccc(C(=O)N3CCC4CCC(C3)N4)cc2)CCN1. The molecule has 3 aliphatic rings. The van der Waals surface area contributed by atoms with Crippen LogP contribution in [0, 0.1) is 0 Å². The highest BCUT2D eigenvalue weighted by Crippen LogP contribution is 2.22. The molecular formula is C18H24N4O4S. The van der Waals surface area contributed by atoms with Crippen LogP contribution in [0.5, 0.6) is 0 Å². The molecule has 9 heteroatoms. The van der Waals surface area contributed by atoms with E-state index in [4.69, 9.17) is 0 Å². The zero-order valence-electron chi connectivity index (χ0n) is 15.1. The second kappa shape index (κ2) is 7.21. The van der Waals surface area contributed by atoms with Crippen molar-refractivity contribution in [3.8, 4) is 0 Å². The smallest absolute Gasteiger partial charge is 0.253 e. The van der Waals surface area contributed by atoms with Gasteiger partial charge in [-0.15, -0.1) is 0 Å². The number of benzene rings is 1. The van der Waals surface area contributed by atoms with Crippen LogP contribution in [-0.4, -0.2) is 74.2 Å². The number of rotatable bonds is 3. The number of hydrogen-bond acceptors (Lipinski definition) is 5. The second-order valence-electron chi connectivity index (χ2n) is 7.39. The van der Waals surface area contributed by atoms with E-state index in [2.05, 4.69) is 10.6 Å². The zero-order valence-corrected chi connectivity index (χ0v) is 15.9. The maximum Gasteiger partial charge on any atom is 0.253 e. The molecule has 0 radical (unpaired) electrons. The minimum absolute atomic E-state index is 0.0642. The Bertz CT molecular complexity index is 839. The monoisotopic (exact) mass is 392 g/mol. The lowest BCUT2D eigenvalue weighted by molar-refractivity contribution is -0.122. The van der Waals surface area contributed by atoms with Crippen LogP contribution < -0.4 is 10.6 Å². The number of carbonyl (C=O) groups is 2. The van der Waals surface area contributed by atoms with Crippen LogP contribution in [-0.2, 0) is 14.8 Å². The molecular weight excluding hydrogens is 368 g/mol. The molecule has 2 unspecified atom stereocenters. The van der Waals surface area contributed by atoms with E-state index in [9.17, 15) is 18.0 Å². The van der Waals surface area contributed by atoms with E-state index in [0.29, 0.717) is 30.7 Å². The highest BCUT2D eigenvalue weighted by molar-refractivity contribution is 7.89. The molecule has 0 aliphatic carbocycles. The molecule has 146 valence electrons. The molecule has 3 aliphatic heterocycles. The van der Waals surface area contributed by atoms with Crippen molar-refractivity contribution in [2.45, 2.75) is 36.2 Å². The summed E-state index contributed by atoms with van der Waals surface area (Å²) < 4.78 is 26.5. The van der Waals surface area contributed by atoms with E-state index >= 15 is 0 Å². The summed E-state index contributed by atoms with van der Waals surface area (Å²) in [5.41, 5.74) is 0.489. The number of nitrogens with one attached hydrogen (secondary N) is 2. The van der Waals surface area contributed by atoms with E-state index in [1.165, 1.54) is 22.9 Å². The first-order valence-corrected chi connectivity index (χ1v) is 10.8. The Morgan fingerprint density at radius 1 is 1.04 bits per heavy atom.